The average Bonchev–Trinajstić information content (AvgIpc) is 2.41. The van der Waals surface area contributed by atoms with E-state index in [1.807, 2.05) is 39.8 Å². The molecule has 0 aliphatic carbocycles. The molecule has 0 atom stereocenters. The molecule has 0 aromatic heterocycles. The molecule has 0 radical (unpaired) electrons. The van der Waals surface area contributed by atoms with E-state index in [-0.39, 0.29) is 18.3 Å². The summed E-state index contributed by atoms with van der Waals surface area (Å²) in [7, 11) is 0. The molecule has 0 saturated heterocycles. The number of carbonyl (C=O) groups excluding carboxylic acids is 1. The number of hydrogen-bond acceptors (Lipinski definition) is 2. The molecular weight excluding hydrogens is 281 g/mol. The lowest BCUT2D eigenvalue weighted by Gasteiger charge is -2.13. The van der Waals surface area contributed by atoms with Crippen molar-refractivity contribution in [2.45, 2.75) is 27.7 Å². The van der Waals surface area contributed by atoms with Gasteiger partial charge in [-0.2, -0.15) is 0 Å². The molecule has 116 valence electrons. The van der Waals surface area contributed by atoms with Crippen molar-refractivity contribution in [3.05, 3.63) is 58.4 Å². The fourth-order valence-electron chi connectivity index (χ4n) is 2.45. The Bertz CT molecular complexity index is 687. The maximum Gasteiger partial charge on any atom is 0.262 e. The second-order valence-corrected chi connectivity index (χ2v) is 5.52. The topological polar surface area (TPSA) is 38.3 Å². The first kappa shape index (κ1) is 16.0. The van der Waals surface area contributed by atoms with E-state index in [0.717, 1.165) is 28.0 Å². The lowest BCUT2D eigenvalue weighted by Crippen LogP contribution is -2.21. The highest BCUT2D eigenvalue weighted by atomic mass is 19.1. The van der Waals surface area contributed by atoms with Gasteiger partial charge in [0.2, 0.25) is 0 Å². The monoisotopic (exact) mass is 301 g/mol. The maximum atomic E-state index is 13.2. The molecule has 4 heteroatoms. The third-order valence-electron chi connectivity index (χ3n) is 3.43. The molecule has 0 unspecified atom stereocenters. The van der Waals surface area contributed by atoms with Gasteiger partial charge in [-0.1, -0.05) is 23.8 Å². The van der Waals surface area contributed by atoms with Gasteiger partial charge in [-0.05, 0) is 56.5 Å². The van der Waals surface area contributed by atoms with E-state index >= 15 is 0 Å². The summed E-state index contributed by atoms with van der Waals surface area (Å²) in [6, 6.07) is 8.31. The third-order valence-corrected chi connectivity index (χ3v) is 3.43. The molecule has 2 rings (SSSR count). The number of aryl methyl sites for hydroxylation is 4. The first-order chi connectivity index (χ1) is 10.4. The van der Waals surface area contributed by atoms with Gasteiger partial charge in [0, 0.05) is 5.69 Å². The van der Waals surface area contributed by atoms with Crippen LogP contribution in [0.25, 0.3) is 0 Å². The number of rotatable bonds is 4. The fraction of sp³-hybridized carbons (Fsp3) is 0.278. The molecule has 0 aliphatic heterocycles. The zero-order valence-electron chi connectivity index (χ0n) is 13.3. The summed E-state index contributed by atoms with van der Waals surface area (Å²) >= 11 is 0. The second-order valence-electron chi connectivity index (χ2n) is 5.52. The largest absolute Gasteiger partial charge is 0.483 e. The number of halogens is 1. The van der Waals surface area contributed by atoms with Crippen LogP contribution in [0.1, 0.15) is 22.3 Å². The molecule has 0 aliphatic rings. The van der Waals surface area contributed by atoms with Crippen LogP contribution in [0.15, 0.2) is 30.3 Å². The van der Waals surface area contributed by atoms with Gasteiger partial charge >= 0.3 is 0 Å². The van der Waals surface area contributed by atoms with Crippen LogP contribution in [0.4, 0.5) is 10.1 Å². The van der Waals surface area contributed by atoms with E-state index in [2.05, 4.69) is 5.32 Å². The summed E-state index contributed by atoms with van der Waals surface area (Å²) in [6.45, 7) is 7.61. The fourth-order valence-corrected chi connectivity index (χ4v) is 2.45. The van der Waals surface area contributed by atoms with Gasteiger partial charge in [0.05, 0.1) is 0 Å². The maximum absolute atomic E-state index is 13.2. The Kier molecular flexibility index (Phi) is 4.81. The zero-order valence-corrected chi connectivity index (χ0v) is 13.3. The van der Waals surface area contributed by atoms with Crippen molar-refractivity contribution in [2.75, 3.05) is 11.9 Å². The third kappa shape index (κ3) is 3.85. The Balaban J connectivity index is 2.03. The number of carbonyl (C=O) groups is 1. The number of hydrogen-bond donors (Lipinski definition) is 1. The van der Waals surface area contributed by atoms with Crippen LogP contribution in [0, 0.1) is 33.5 Å². The molecule has 1 amide bonds. The minimum absolute atomic E-state index is 0.110. The molecule has 0 spiro atoms. The molecule has 0 saturated carbocycles. The summed E-state index contributed by atoms with van der Waals surface area (Å²) < 4.78 is 18.8. The van der Waals surface area contributed by atoms with E-state index in [1.165, 1.54) is 12.1 Å². The van der Waals surface area contributed by atoms with Crippen LogP contribution in [0.3, 0.4) is 0 Å². The average molecular weight is 301 g/mol. The number of amides is 1. The summed E-state index contributed by atoms with van der Waals surface area (Å²) in [5.41, 5.74) is 4.41. The molecule has 1 N–H and O–H groups in total. The first-order valence-electron chi connectivity index (χ1n) is 7.13. The molecule has 2 aromatic carbocycles. The summed E-state index contributed by atoms with van der Waals surface area (Å²) in [5.74, 6) is 0.0248. The van der Waals surface area contributed by atoms with Crippen LogP contribution < -0.4 is 10.1 Å². The number of benzene rings is 2. The highest BCUT2D eigenvalue weighted by Gasteiger charge is 2.10. The molecule has 2 aromatic rings. The van der Waals surface area contributed by atoms with Crippen molar-refractivity contribution in [3.63, 3.8) is 0 Å². The standard InChI is InChI=1S/C18H20FNO2/c1-11-7-13(3)18(14(4)8-11)22-10-17(21)20-16-9-15(19)6-5-12(16)2/h5-9H,10H2,1-4H3,(H,20,21). The Labute approximate surface area is 130 Å². The van der Waals surface area contributed by atoms with E-state index in [4.69, 9.17) is 4.74 Å². The van der Waals surface area contributed by atoms with Crippen molar-refractivity contribution in [1.29, 1.82) is 0 Å². The van der Waals surface area contributed by atoms with Crippen LogP contribution in [-0.4, -0.2) is 12.5 Å². The molecule has 3 nitrogen and oxygen atoms in total. The molecule has 0 heterocycles. The second kappa shape index (κ2) is 6.60. The minimum Gasteiger partial charge on any atom is -0.483 e. The van der Waals surface area contributed by atoms with Gasteiger partial charge in [0.1, 0.15) is 11.6 Å². The normalized spacial score (nSPS) is 10.4. The van der Waals surface area contributed by atoms with E-state index in [9.17, 15) is 9.18 Å². The van der Waals surface area contributed by atoms with Crippen molar-refractivity contribution < 1.29 is 13.9 Å². The van der Waals surface area contributed by atoms with Crippen molar-refractivity contribution >= 4 is 11.6 Å². The van der Waals surface area contributed by atoms with Crippen molar-refractivity contribution in [2.24, 2.45) is 0 Å². The Morgan fingerprint density at radius 1 is 1.05 bits per heavy atom. The number of ether oxygens (including phenoxy) is 1. The van der Waals surface area contributed by atoms with E-state index < -0.39 is 0 Å². The quantitative estimate of drug-likeness (QED) is 0.924. The van der Waals surface area contributed by atoms with Gasteiger partial charge in [0.25, 0.3) is 5.91 Å². The molecule has 0 bridgehead atoms. The molecule has 0 fully saturated rings. The van der Waals surface area contributed by atoms with Gasteiger partial charge in [-0.3, -0.25) is 4.79 Å². The van der Waals surface area contributed by atoms with Crippen molar-refractivity contribution in [3.8, 4) is 5.75 Å². The smallest absolute Gasteiger partial charge is 0.262 e. The summed E-state index contributed by atoms with van der Waals surface area (Å²) in [6.07, 6.45) is 0. The summed E-state index contributed by atoms with van der Waals surface area (Å²) in [4.78, 5) is 12.0. The lowest BCUT2D eigenvalue weighted by atomic mass is 10.1. The Morgan fingerprint density at radius 2 is 1.68 bits per heavy atom. The minimum atomic E-state index is -0.382. The predicted molar refractivity (Wildman–Crippen MR) is 85.9 cm³/mol. The summed E-state index contributed by atoms with van der Waals surface area (Å²) in [5, 5.41) is 2.67. The van der Waals surface area contributed by atoms with Gasteiger partial charge in [0.15, 0.2) is 6.61 Å². The first-order valence-corrected chi connectivity index (χ1v) is 7.13. The molecular formula is C18H20FNO2. The van der Waals surface area contributed by atoms with Crippen LogP contribution in [-0.2, 0) is 4.79 Å². The SMILES string of the molecule is Cc1cc(C)c(OCC(=O)Nc2cc(F)ccc2C)c(C)c1. The van der Waals surface area contributed by atoms with Gasteiger partial charge in [-0.15, -0.1) is 0 Å². The number of nitrogens with one attached hydrogen (secondary N) is 1. The van der Waals surface area contributed by atoms with E-state index in [0.29, 0.717) is 5.69 Å². The van der Waals surface area contributed by atoms with Crippen LogP contribution in [0.2, 0.25) is 0 Å². The lowest BCUT2D eigenvalue weighted by molar-refractivity contribution is -0.118. The van der Waals surface area contributed by atoms with Crippen molar-refractivity contribution in [1.82, 2.24) is 0 Å². The van der Waals surface area contributed by atoms with Crippen LogP contribution in [0.5, 0.6) is 5.75 Å². The van der Waals surface area contributed by atoms with Gasteiger partial charge in [-0.25, -0.2) is 4.39 Å². The Hall–Kier alpha value is -2.36. The zero-order chi connectivity index (χ0) is 16.3. The predicted octanol–water partition coefficient (Wildman–Crippen LogP) is 4.08. The Morgan fingerprint density at radius 3 is 2.32 bits per heavy atom. The van der Waals surface area contributed by atoms with Crippen LogP contribution >= 0.6 is 0 Å². The molecule has 22 heavy (non-hydrogen) atoms. The highest BCUT2D eigenvalue weighted by Crippen LogP contribution is 2.24. The highest BCUT2D eigenvalue weighted by molar-refractivity contribution is 5.92. The number of anilines is 1. The van der Waals surface area contributed by atoms with Gasteiger partial charge < -0.3 is 10.1 Å². The van der Waals surface area contributed by atoms with E-state index in [1.54, 1.807) is 6.07 Å².